The molecular formula is C14H15N2O. The summed E-state index contributed by atoms with van der Waals surface area (Å²) in [4.78, 5) is 8.28. The number of nitrogens with zero attached hydrogens (tertiary/aromatic N) is 2. The predicted molar refractivity (Wildman–Crippen MR) is 66.1 cm³/mol. The molecule has 1 aromatic carbocycles. The van der Waals surface area contributed by atoms with Gasteiger partial charge in [0.05, 0.1) is 12.6 Å². The molecule has 0 aliphatic heterocycles. The maximum absolute atomic E-state index is 5.49. The first kappa shape index (κ1) is 10.5. The molecule has 2 aromatic rings. The van der Waals surface area contributed by atoms with Crippen LogP contribution in [0.3, 0.4) is 0 Å². The van der Waals surface area contributed by atoms with E-state index in [9.17, 15) is 0 Å². The van der Waals surface area contributed by atoms with E-state index in [-0.39, 0.29) is 0 Å². The Bertz CT molecular complexity index is 533. The third-order valence-electron chi connectivity index (χ3n) is 3.61. The van der Waals surface area contributed by atoms with Crippen molar-refractivity contribution in [2.75, 3.05) is 7.11 Å². The number of rotatable bonds is 2. The molecule has 3 rings (SSSR count). The van der Waals surface area contributed by atoms with Crippen LogP contribution in [-0.4, -0.2) is 17.1 Å². The fourth-order valence-corrected chi connectivity index (χ4v) is 2.80. The molecule has 17 heavy (non-hydrogen) atoms. The van der Waals surface area contributed by atoms with Gasteiger partial charge in [-0.1, -0.05) is 12.8 Å². The zero-order valence-electron chi connectivity index (χ0n) is 9.94. The van der Waals surface area contributed by atoms with Crippen LogP contribution in [0.1, 0.15) is 37.2 Å². The Morgan fingerprint density at radius 2 is 2.12 bits per heavy atom. The molecule has 1 fully saturated rings. The van der Waals surface area contributed by atoms with Gasteiger partial charge in [0.2, 0.25) is 0 Å². The number of aromatic nitrogens is 2. The Kier molecular flexibility index (Phi) is 2.67. The van der Waals surface area contributed by atoms with Crippen molar-refractivity contribution in [2.45, 2.75) is 31.6 Å². The lowest BCUT2D eigenvalue weighted by Crippen LogP contribution is -2.00. The van der Waals surface area contributed by atoms with Gasteiger partial charge in [0.25, 0.3) is 0 Å². The third-order valence-corrected chi connectivity index (χ3v) is 3.61. The van der Waals surface area contributed by atoms with Crippen molar-refractivity contribution in [1.29, 1.82) is 0 Å². The molecule has 0 bridgehead atoms. The number of fused-ring (bicyclic) bond motifs is 1. The second kappa shape index (κ2) is 4.32. The number of hydrogen-bond donors (Lipinski definition) is 0. The van der Waals surface area contributed by atoms with Gasteiger partial charge in [-0.15, -0.1) is 0 Å². The van der Waals surface area contributed by atoms with Crippen molar-refractivity contribution in [3.8, 4) is 5.75 Å². The average Bonchev–Trinajstić information content (AvgIpc) is 2.91. The van der Waals surface area contributed by atoms with Gasteiger partial charge in [-0.2, -0.15) is 0 Å². The van der Waals surface area contributed by atoms with Crippen LogP contribution in [0.5, 0.6) is 5.75 Å². The molecular weight excluding hydrogens is 212 g/mol. The molecule has 0 unspecified atom stereocenters. The molecule has 3 heteroatoms. The quantitative estimate of drug-likeness (QED) is 0.790. The van der Waals surface area contributed by atoms with Gasteiger partial charge in [0.15, 0.2) is 6.33 Å². The summed E-state index contributed by atoms with van der Waals surface area (Å²) in [6.45, 7) is 0. The van der Waals surface area contributed by atoms with Gasteiger partial charge >= 0.3 is 0 Å². The first-order chi connectivity index (χ1) is 8.40. The van der Waals surface area contributed by atoms with E-state index in [1.54, 1.807) is 7.11 Å². The Morgan fingerprint density at radius 3 is 2.88 bits per heavy atom. The predicted octanol–water partition coefficient (Wildman–Crippen LogP) is 3.10. The van der Waals surface area contributed by atoms with E-state index in [1.807, 2.05) is 18.3 Å². The van der Waals surface area contributed by atoms with Gasteiger partial charge in [-0.25, -0.2) is 9.97 Å². The second-order valence-corrected chi connectivity index (χ2v) is 4.57. The summed E-state index contributed by atoms with van der Waals surface area (Å²) >= 11 is 0. The van der Waals surface area contributed by atoms with E-state index in [0.717, 1.165) is 16.7 Å². The Labute approximate surface area is 101 Å². The first-order valence-corrected chi connectivity index (χ1v) is 6.10. The van der Waals surface area contributed by atoms with Crippen molar-refractivity contribution >= 4 is 10.9 Å². The van der Waals surface area contributed by atoms with Crippen LogP contribution >= 0.6 is 0 Å². The topological polar surface area (TPSA) is 35.0 Å². The monoisotopic (exact) mass is 227 g/mol. The molecule has 0 N–H and O–H groups in total. The summed E-state index contributed by atoms with van der Waals surface area (Å²) in [5.74, 6) is 1.54. The lowest BCUT2D eigenvalue weighted by Gasteiger charge is -2.16. The van der Waals surface area contributed by atoms with Crippen LogP contribution in [0.15, 0.2) is 18.3 Å². The smallest absolute Gasteiger partial charge is 0.198 e. The minimum Gasteiger partial charge on any atom is -0.496 e. The molecule has 1 aliphatic carbocycles. The van der Waals surface area contributed by atoms with Crippen LogP contribution < -0.4 is 4.74 Å². The van der Waals surface area contributed by atoms with Crippen molar-refractivity contribution in [1.82, 2.24) is 9.97 Å². The number of hydrogen-bond acceptors (Lipinski definition) is 3. The largest absolute Gasteiger partial charge is 0.496 e. The molecule has 1 aromatic heterocycles. The van der Waals surface area contributed by atoms with Crippen molar-refractivity contribution in [3.05, 3.63) is 30.2 Å². The van der Waals surface area contributed by atoms with Gasteiger partial charge in [0.1, 0.15) is 5.75 Å². The van der Waals surface area contributed by atoms with Crippen molar-refractivity contribution < 1.29 is 4.74 Å². The molecule has 0 spiro atoms. The summed E-state index contributed by atoms with van der Waals surface area (Å²) in [6.07, 6.45) is 9.59. The van der Waals surface area contributed by atoms with E-state index in [0.29, 0.717) is 5.92 Å². The lowest BCUT2D eigenvalue weighted by atomic mass is 9.94. The first-order valence-electron chi connectivity index (χ1n) is 6.10. The zero-order chi connectivity index (χ0) is 11.7. The van der Waals surface area contributed by atoms with Crippen molar-refractivity contribution in [2.24, 2.45) is 0 Å². The Hall–Kier alpha value is -1.64. The summed E-state index contributed by atoms with van der Waals surface area (Å²) in [5.41, 5.74) is 2.26. The van der Waals surface area contributed by atoms with E-state index in [4.69, 9.17) is 4.74 Å². The normalized spacial score (nSPS) is 16.5. The highest BCUT2D eigenvalue weighted by Crippen LogP contribution is 2.41. The van der Waals surface area contributed by atoms with E-state index < -0.39 is 0 Å². The average molecular weight is 227 g/mol. The van der Waals surface area contributed by atoms with Crippen LogP contribution in [0.2, 0.25) is 0 Å². The molecule has 87 valence electrons. The standard InChI is InChI=1S/C14H15N2O/c1-17-12-7-6-11-8-15-9-16-14(11)13(12)10-4-2-3-5-10/h6-8,10H,2-5H2,1H3. The number of ether oxygens (including phenoxy) is 1. The SMILES string of the molecule is COc1ccc2cn[c]nc2c1C1CCCC1. The second-order valence-electron chi connectivity index (χ2n) is 4.57. The molecule has 1 saturated carbocycles. The molecule has 0 amide bonds. The molecule has 1 aliphatic rings. The highest BCUT2D eigenvalue weighted by Gasteiger charge is 2.23. The van der Waals surface area contributed by atoms with Gasteiger partial charge in [-0.05, 0) is 30.9 Å². The highest BCUT2D eigenvalue weighted by molar-refractivity contribution is 5.83. The van der Waals surface area contributed by atoms with Gasteiger partial charge < -0.3 is 4.74 Å². The van der Waals surface area contributed by atoms with E-state index >= 15 is 0 Å². The Balaban J connectivity index is 2.23. The van der Waals surface area contributed by atoms with E-state index in [2.05, 4.69) is 16.3 Å². The summed E-state index contributed by atoms with van der Waals surface area (Å²) in [5, 5.41) is 1.08. The van der Waals surface area contributed by atoms with Crippen LogP contribution in [0, 0.1) is 6.33 Å². The molecule has 1 heterocycles. The molecule has 3 nitrogen and oxygen atoms in total. The number of methoxy groups -OCH3 is 1. The fourth-order valence-electron chi connectivity index (χ4n) is 2.80. The maximum Gasteiger partial charge on any atom is 0.198 e. The van der Waals surface area contributed by atoms with Crippen molar-refractivity contribution in [3.63, 3.8) is 0 Å². The molecule has 0 saturated heterocycles. The van der Waals surface area contributed by atoms with Crippen LogP contribution in [0.4, 0.5) is 0 Å². The third kappa shape index (κ3) is 1.75. The fraction of sp³-hybridized carbons (Fsp3) is 0.429. The van der Waals surface area contributed by atoms with Crippen LogP contribution in [0.25, 0.3) is 10.9 Å². The molecule has 1 radical (unpaired) electrons. The minimum absolute atomic E-state index is 0.581. The summed E-state index contributed by atoms with van der Waals surface area (Å²) in [7, 11) is 1.73. The zero-order valence-corrected chi connectivity index (χ0v) is 9.94. The van der Waals surface area contributed by atoms with E-state index in [1.165, 1.54) is 31.2 Å². The van der Waals surface area contributed by atoms with Gasteiger partial charge in [-0.3, -0.25) is 0 Å². The summed E-state index contributed by atoms with van der Waals surface area (Å²) < 4.78 is 5.49. The highest BCUT2D eigenvalue weighted by atomic mass is 16.5. The summed E-state index contributed by atoms with van der Waals surface area (Å²) in [6, 6.07) is 4.04. The number of benzene rings is 1. The lowest BCUT2D eigenvalue weighted by molar-refractivity contribution is 0.406. The molecule has 0 atom stereocenters. The minimum atomic E-state index is 0.581. The maximum atomic E-state index is 5.49. The Morgan fingerprint density at radius 1 is 1.29 bits per heavy atom. The van der Waals surface area contributed by atoms with Gasteiger partial charge in [0, 0.05) is 17.1 Å². The van der Waals surface area contributed by atoms with Crippen LogP contribution in [-0.2, 0) is 0 Å².